The van der Waals surface area contributed by atoms with Crippen LogP contribution >= 0.6 is 0 Å². The molecule has 17 heavy (non-hydrogen) atoms. The maximum atomic E-state index is 9.52. The predicted octanol–water partition coefficient (Wildman–Crippen LogP) is 3.07. The fourth-order valence-corrected chi connectivity index (χ4v) is 2.23. The van der Waals surface area contributed by atoms with E-state index in [0.717, 1.165) is 24.2 Å². The van der Waals surface area contributed by atoms with E-state index in [1.54, 1.807) is 14.0 Å². The van der Waals surface area contributed by atoms with E-state index in [0.29, 0.717) is 11.9 Å². The Labute approximate surface area is 102 Å². The van der Waals surface area contributed by atoms with Gasteiger partial charge < -0.3 is 14.6 Å². The molecule has 1 atom stereocenters. The zero-order valence-corrected chi connectivity index (χ0v) is 10.5. The average Bonchev–Trinajstić information content (AvgIpc) is 2.82. The third-order valence-electron chi connectivity index (χ3n) is 3.27. The fraction of sp³-hybridized carbons (Fsp3) is 0.571. The summed E-state index contributed by atoms with van der Waals surface area (Å²) in [7, 11) is 1.63. The molecule has 0 radical (unpaired) electrons. The summed E-state index contributed by atoms with van der Waals surface area (Å²) in [6.07, 6.45) is 4.59. The molecule has 94 valence electrons. The Balaban J connectivity index is 2.15. The van der Waals surface area contributed by atoms with Crippen LogP contribution in [0.15, 0.2) is 18.2 Å². The predicted molar refractivity (Wildman–Crippen MR) is 66.5 cm³/mol. The average molecular weight is 236 g/mol. The summed E-state index contributed by atoms with van der Waals surface area (Å²) in [5.74, 6) is 1.49. The van der Waals surface area contributed by atoms with Crippen LogP contribution in [0.3, 0.4) is 0 Å². The monoisotopic (exact) mass is 236 g/mol. The standard InChI is InChI=1S/C14H20O3/c1-10(15)11-7-8-13(14(9-11)16-2)17-12-5-3-4-6-12/h7-10,12,15H,3-6H2,1-2H3/t10-/m1/s1. The van der Waals surface area contributed by atoms with Crippen molar-refractivity contribution in [3.63, 3.8) is 0 Å². The largest absolute Gasteiger partial charge is 0.493 e. The van der Waals surface area contributed by atoms with Crippen molar-refractivity contribution in [3.8, 4) is 11.5 Å². The summed E-state index contributed by atoms with van der Waals surface area (Å²) < 4.78 is 11.2. The van der Waals surface area contributed by atoms with Crippen molar-refractivity contribution >= 4 is 0 Å². The Kier molecular flexibility index (Phi) is 3.89. The van der Waals surface area contributed by atoms with Crippen LogP contribution in [0.2, 0.25) is 0 Å². The van der Waals surface area contributed by atoms with Gasteiger partial charge in [-0.1, -0.05) is 6.07 Å². The third kappa shape index (κ3) is 2.91. The van der Waals surface area contributed by atoms with E-state index in [2.05, 4.69) is 0 Å². The molecule has 1 fully saturated rings. The molecule has 1 saturated carbocycles. The van der Waals surface area contributed by atoms with Gasteiger partial charge in [0.15, 0.2) is 11.5 Å². The lowest BCUT2D eigenvalue weighted by Crippen LogP contribution is -2.11. The molecule has 1 aliphatic carbocycles. The van der Waals surface area contributed by atoms with E-state index < -0.39 is 6.10 Å². The molecule has 0 unspecified atom stereocenters. The van der Waals surface area contributed by atoms with E-state index in [1.807, 2.05) is 18.2 Å². The zero-order chi connectivity index (χ0) is 12.3. The van der Waals surface area contributed by atoms with Crippen molar-refractivity contribution in [2.45, 2.75) is 44.8 Å². The van der Waals surface area contributed by atoms with Gasteiger partial charge in [-0.25, -0.2) is 0 Å². The van der Waals surface area contributed by atoms with Crippen molar-refractivity contribution in [3.05, 3.63) is 23.8 Å². The van der Waals surface area contributed by atoms with Crippen LogP contribution in [0.1, 0.15) is 44.3 Å². The molecule has 1 aromatic carbocycles. The Morgan fingerprint density at radius 2 is 1.94 bits per heavy atom. The summed E-state index contributed by atoms with van der Waals surface area (Å²) in [6.45, 7) is 1.74. The summed E-state index contributed by atoms with van der Waals surface area (Å²) in [5.41, 5.74) is 0.848. The summed E-state index contributed by atoms with van der Waals surface area (Å²) in [6, 6.07) is 5.62. The Morgan fingerprint density at radius 1 is 1.24 bits per heavy atom. The minimum absolute atomic E-state index is 0.321. The maximum Gasteiger partial charge on any atom is 0.161 e. The molecule has 1 aliphatic rings. The number of hydrogen-bond donors (Lipinski definition) is 1. The second kappa shape index (κ2) is 5.41. The van der Waals surface area contributed by atoms with Gasteiger partial charge in [-0.3, -0.25) is 0 Å². The molecule has 1 aromatic rings. The molecule has 0 amide bonds. The van der Waals surface area contributed by atoms with Crippen molar-refractivity contribution in [1.29, 1.82) is 0 Å². The minimum Gasteiger partial charge on any atom is -0.493 e. The number of methoxy groups -OCH3 is 1. The number of ether oxygens (including phenoxy) is 2. The highest BCUT2D eigenvalue weighted by Gasteiger charge is 2.18. The number of aliphatic hydroxyl groups is 1. The molecule has 0 aliphatic heterocycles. The molecule has 0 aromatic heterocycles. The van der Waals surface area contributed by atoms with Gasteiger partial charge in [0.05, 0.1) is 19.3 Å². The quantitative estimate of drug-likeness (QED) is 0.873. The van der Waals surface area contributed by atoms with Gasteiger partial charge in [-0.15, -0.1) is 0 Å². The molecule has 0 spiro atoms. The van der Waals surface area contributed by atoms with Crippen molar-refractivity contribution in [2.24, 2.45) is 0 Å². The number of rotatable bonds is 4. The lowest BCUT2D eigenvalue weighted by molar-refractivity contribution is 0.193. The molecule has 3 heteroatoms. The van der Waals surface area contributed by atoms with Crippen molar-refractivity contribution < 1.29 is 14.6 Å². The Hall–Kier alpha value is -1.22. The summed E-state index contributed by atoms with van der Waals surface area (Å²) >= 11 is 0. The van der Waals surface area contributed by atoms with Crippen LogP contribution in [-0.4, -0.2) is 18.3 Å². The smallest absolute Gasteiger partial charge is 0.161 e. The van der Waals surface area contributed by atoms with Crippen LogP contribution < -0.4 is 9.47 Å². The van der Waals surface area contributed by atoms with Gasteiger partial charge in [0.2, 0.25) is 0 Å². The van der Waals surface area contributed by atoms with E-state index in [9.17, 15) is 5.11 Å². The van der Waals surface area contributed by atoms with Crippen molar-refractivity contribution in [1.82, 2.24) is 0 Å². The molecule has 3 nitrogen and oxygen atoms in total. The first kappa shape index (κ1) is 12.2. The van der Waals surface area contributed by atoms with Gasteiger partial charge in [-0.2, -0.15) is 0 Å². The molecular formula is C14H20O3. The van der Waals surface area contributed by atoms with E-state index >= 15 is 0 Å². The highest BCUT2D eigenvalue weighted by molar-refractivity contribution is 5.43. The van der Waals surface area contributed by atoms with Crippen LogP contribution in [0.5, 0.6) is 11.5 Å². The maximum absolute atomic E-state index is 9.52. The third-order valence-corrected chi connectivity index (χ3v) is 3.27. The van der Waals surface area contributed by atoms with E-state index in [1.165, 1.54) is 12.8 Å². The Morgan fingerprint density at radius 3 is 2.53 bits per heavy atom. The second-order valence-corrected chi connectivity index (χ2v) is 4.61. The molecule has 1 N–H and O–H groups in total. The molecular weight excluding hydrogens is 216 g/mol. The van der Waals surface area contributed by atoms with Gasteiger partial charge in [0, 0.05) is 0 Å². The highest BCUT2D eigenvalue weighted by atomic mass is 16.5. The van der Waals surface area contributed by atoms with E-state index in [4.69, 9.17) is 9.47 Å². The SMILES string of the molecule is COc1cc([C@@H](C)O)ccc1OC1CCCC1. The van der Waals surface area contributed by atoms with Gasteiger partial charge >= 0.3 is 0 Å². The topological polar surface area (TPSA) is 38.7 Å². The Bertz CT molecular complexity index is 368. The first-order chi connectivity index (χ1) is 8.20. The minimum atomic E-state index is -0.482. The lowest BCUT2D eigenvalue weighted by atomic mass is 10.1. The van der Waals surface area contributed by atoms with Crippen LogP contribution in [0, 0.1) is 0 Å². The van der Waals surface area contributed by atoms with Crippen LogP contribution in [0.4, 0.5) is 0 Å². The number of hydrogen-bond acceptors (Lipinski definition) is 3. The van der Waals surface area contributed by atoms with Gasteiger partial charge in [0.1, 0.15) is 0 Å². The summed E-state index contributed by atoms with van der Waals surface area (Å²) in [4.78, 5) is 0. The van der Waals surface area contributed by atoms with E-state index in [-0.39, 0.29) is 0 Å². The fourth-order valence-electron chi connectivity index (χ4n) is 2.23. The molecule has 0 saturated heterocycles. The lowest BCUT2D eigenvalue weighted by Gasteiger charge is -2.17. The van der Waals surface area contributed by atoms with Gasteiger partial charge in [0.25, 0.3) is 0 Å². The first-order valence-electron chi connectivity index (χ1n) is 6.23. The molecule has 0 bridgehead atoms. The summed E-state index contributed by atoms with van der Waals surface area (Å²) in [5, 5.41) is 9.52. The highest BCUT2D eigenvalue weighted by Crippen LogP contribution is 2.33. The van der Waals surface area contributed by atoms with Gasteiger partial charge in [-0.05, 0) is 50.3 Å². The van der Waals surface area contributed by atoms with Crippen molar-refractivity contribution in [2.75, 3.05) is 7.11 Å². The molecule has 2 rings (SSSR count). The van der Waals surface area contributed by atoms with Crippen LogP contribution in [0.25, 0.3) is 0 Å². The normalized spacial score (nSPS) is 18.1. The zero-order valence-electron chi connectivity index (χ0n) is 10.5. The number of aliphatic hydroxyl groups excluding tert-OH is 1. The second-order valence-electron chi connectivity index (χ2n) is 4.61. The molecule has 0 heterocycles. The number of benzene rings is 1. The van der Waals surface area contributed by atoms with Crippen LogP contribution in [-0.2, 0) is 0 Å². The first-order valence-corrected chi connectivity index (χ1v) is 6.23.